The summed E-state index contributed by atoms with van der Waals surface area (Å²) in [5.41, 5.74) is 0. The third-order valence-corrected chi connectivity index (χ3v) is 7.37. The molecule has 3 unspecified atom stereocenters. The number of carbonyl (C=O) groups excluding carboxylic acids is 2. The van der Waals surface area contributed by atoms with E-state index >= 15 is 0 Å². The van der Waals surface area contributed by atoms with Crippen molar-refractivity contribution >= 4 is 19.8 Å². The van der Waals surface area contributed by atoms with E-state index in [1.54, 1.807) is 0 Å². The van der Waals surface area contributed by atoms with Crippen LogP contribution in [0.2, 0.25) is 0 Å². The maximum atomic E-state index is 12.2. The number of hydrogen-bond donors (Lipinski definition) is 3. The Morgan fingerprint density at radius 1 is 0.643 bits per heavy atom. The lowest BCUT2D eigenvalue weighted by Crippen LogP contribution is -2.28. The van der Waals surface area contributed by atoms with Crippen LogP contribution in [0.5, 0.6) is 0 Å². The Morgan fingerprint density at radius 3 is 1.52 bits per heavy atom. The van der Waals surface area contributed by atoms with Gasteiger partial charge in [-0.2, -0.15) is 0 Å². The Bertz CT molecular complexity index is 771. The maximum Gasteiger partial charge on any atom is 0.472 e. The standard InChI is InChI=1S/C31H57O10P/c1-3-5-7-9-10-11-12-13-14-15-16-17-18-19-21-23-31(35)41-29(25-33)27-39-42(36,37)38-26-28(24-32)40-30(34)22-20-8-6-4-2/h10-11,13-14,28-29,32-33H,3-9,12,15-27H2,1-2H3,(H,36,37)/b11-10-,14-13-. The monoisotopic (exact) mass is 620 g/mol. The number of allylic oxidation sites excluding steroid dienone is 4. The van der Waals surface area contributed by atoms with Gasteiger partial charge >= 0.3 is 19.8 Å². The number of hydrogen-bond acceptors (Lipinski definition) is 9. The molecule has 42 heavy (non-hydrogen) atoms. The van der Waals surface area contributed by atoms with Crippen molar-refractivity contribution in [2.24, 2.45) is 0 Å². The molecule has 0 aromatic rings. The molecule has 0 rings (SSSR count). The molecule has 3 N–H and O–H groups in total. The van der Waals surface area contributed by atoms with Gasteiger partial charge < -0.3 is 24.6 Å². The third kappa shape index (κ3) is 26.1. The number of ether oxygens (including phenoxy) is 2. The Labute approximate surface area is 253 Å². The van der Waals surface area contributed by atoms with Crippen LogP contribution in [0.3, 0.4) is 0 Å². The molecule has 0 bridgehead atoms. The van der Waals surface area contributed by atoms with Crippen LogP contribution >= 0.6 is 7.82 Å². The molecule has 0 saturated carbocycles. The summed E-state index contributed by atoms with van der Waals surface area (Å²) >= 11 is 0. The molecule has 11 heteroatoms. The molecule has 0 aliphatic heterocycles. The molecule has 0 radical (unpaired) electrons. The minimum atomic E-state index is -4.61. The largest absolute Gasteiger partial charge is 0.472 e. The number of aliphatic hydroxyl groups is 2. The van der Waals surface area contributed by atoms with Crippen molar-refractivity contribution in [2.75, 3.05) is 26.4 Å². The van der Waals surface area contributed by atoms with Crippen LogP contribution in [0.4, 0.5) is 0 Å². The van der Waals surface area contributed by atoms with Crippen molar-refractivity contribution in [3.8, 4) is 0 Å². The molecule has 10 nitrogen and oxygen atoms in total. The highest BCUT2D eigenvalue weighted by Gasteiger charge is 2.27. The summed E-state index contributed by atoms with van der Waals surface area (Å²) in [5.74, 6) is -1.05. The average Bonchev–Trinajstić information content (AvgIpc) is 2.97. The number of phosphoric ester groups is 1. The molecular weight excluding hydrogens is 563 g/mol. The molecular formula is C31H57O10P. The minimum Gasteiger partial charge on any atom is -0.457 e. The van der Waals surface area contributed by atoms with Crippen LogP contribution in [0.25, 0.3) is 0 Å². The topological polar surface area (TPSA) is 149 Å². The van der Waals surface area contributed by atoms with Gasteiger partial charge in [-0.05, 0) is 44.9 Å². The van der Waals surface area contributed by atoms with E-state index in [0.29, 0.717) is 12.8 Å². The van der Waals surface area contributed by atoms with Crippen molar-refractivity contribution in [3.63, 3.8) is 0 Å². The van der Waals surface area contributed by atoms with Crippen LogP contribution in [-0.4, -0.2) is 65.7 Å². The second-order valence-electron chi connectivity index (χ2n) is 10.4. The van der Waals surface area contributed by atoms with Crippen LogP contribution in [0, 0.1) is 0 Å². The van der Waals surface area contributed by atoms with E-state index in [0.717, 1.165) is 64.2 Å². The molecule has 0 fully saturated rings. The SMILES string of the molecule is CCCCC/C=C\C/C=C\CCCCCCCC(=O)OC(CO)COP(=O)(O)OCC(CO)OC(=O)CCCCCC. The summed E-state index contributed by atoms with van der Waals surface area (Å²) in [5, 5.41) is 18.8. The zero-order valence-corrected chi connectivity index (χ0v) is 26.9. The van der Waals surface area contributed by atoms with E-state index in [2.05, 4.69) is 38.2 Å². The first-order valence-electron chi connectivity index (χ1n) is 15.8. The van der Waals surface area contributed by atoms with Gasteiger partial charge in [-0.15, -0.1) is 0 Å². The van der Waals surface area contributed by atoms with Crippen molar-refractivity contribution in [1.29, 1.82) is 0 Å². The Morgan fingerprint density at radius 2 is 1.05 bits per heavy atom. The summed E-state index contributed by atoms with van der Waals surface area (Å²) in [4.78, 5) is 33.8. The molecule has 0 spiro atoms. The first-order chi connectivity index (χ1) is 20.3. The fourth-order valence-electron chi connectivity index (χ4n) is 3.91. The summed E-state index contributed by atoms with van der Waals surface area (Å²) < 4.78 is 32.0. The molecule has 0 aliphatic carbocycles. The predicted molar refractivity (Wildman–Crippen MR) is 164 cm³/mol. The van der Waals surface area contributed by atoms with Gasteiger partial charge in [0.2, 0.25) is 0 Å². The second kappa shape index (κ2) is 28.2. The van der Waals surface area contributed by atoms with E-state index in [4.69, 9.17) is 18.5 Å². The van der Waals surface area contributed by atoms with Gasteiger partial charge in [0.05, 0.1) is 26.4 Å². The summed E-state index contributed by atoms with van der Waals surface area (Å²) in [6.07, 6.45) is 22.3. The fraction of sp³-hybridized carbons (Fsp3) is 0.806. The highest BCUT2D eigenvalue weighted by Crippen LogP contribution is 2.43. The Balaban J connectivity index is 4.02. The highest BCUT2D eigenvalue weighted by atomic mass is 31.2. The van der Waals surface area contributed by atoms with Crippen LogP contribution in [0.1, 0.15) is 123 Å². The van der Waals surface area contributed by atoms with Gasteiger partial charge in [-0.1, -0.05) is 89.5 Å². The molecule has 3 atom stereocenters. The van der Waals surface area contributed by atoms with Crippen LogP contribution in [0.15, 0.2) is 24.3 Å². The minimum absolute atomic E-state index is 0.177. The lowest BCUT2D eigenvalue weighted by molar-refractivity contribution is -0.153. The molecule has 0 amide bonds. The van der Waals surface area contributed by atoms with Gasteiger partial charge in [0.25, 0.3) is 0 Å². The molecule has 0 aromatic carbocycles. The van der Waals surface area contributed by atoms with Crippen molar-refractivity contribution in [1.82, 2.24) is 0 Å². The summed E-state index contributed by atoms with van der Waals surface area (Å²) in [7, 11) is -4.61. The zero-order valence-electron chi connectivity index (χ0n) is 26.0. The average molecular weight is 621 g/mol. The number of rotatable bonds is 29. The smallest absolute Gasteiger partial charge is 0.457 e. The van der Waals surface area contributed by atoms with Gasteiger partial charge in [0.15, 0.2) is 0 Å². The molecule has 0 saturated heterocycles. The van der Waals surface area contributed by atoms with E-state index in [1.165, 1.54) is 19.3 Å². The van der Waals surface area contributed by atoms with Crippen LogP contribution in [-0.2, 0) is 32.7 Å². The first kappa shape index (κ1) is 40.5. The van der Waals surface area contributed by atoms with Crippen molar-refractivity contribution in [3.05, 3.63) is 24.3 Å². The Kier molecular flexibility index (Phi) is 27.2. The lowest BCUT2D eigenvalue weighted by atomic mass is 10.1. The molecule has 246 valence electrons. The number of carbonyl (C=O) groups is 2. The summed E-state index contributed by atoms with van der Waals surface area (Å²) in [6, 6.07) is 0. The van der Waals surface area contributed by atoms with E-state index in [-0.39, 0.29) is 12.8 Å². The van der Waals surface area contributed by atoms with E-state index in [1.807, 2.05) is 0 Å². The fourth-order valence-corrected chi connectivity index (χ4v) is 4.69. The van der Waals surface area contributed by atoms with Gasteiger partial charge in [0, 0.05) is 12.8 Å². The summed E-state index contributed by atoms with van der Waals surface area (Å²) in [6.45, 7) is 1.97. The Hall–Kier alpha value is -1.55. The number of esters is 2. The van der Waals surface area contributed by atoms with Crippen molar-refractivity contribution < 1.29 is 47.8 Å². The third-order valence-electron chi connectivity index (χ3n) is 6.42. The van der Waals surface area contributed by atoms with E-state index in [9.17, 15) is 29.3 Å². The second-order valence-corrected chi connectivity index (χ2v) is 11.9. The maximum absolute atomic E-state index is 12.2. The van der Waals surface area contributed by atoms with Crippen molar-refractivity contribution in [2.45, 2.75) is 135 Å². The lowest BCUT2D eigenvalue weighted by Gasteiger charge is -2.20. The predicted octanol–water partition coefficient (Wildman–Crippen LogP) is 6.71. The van der Waals surface area contributed by atoms with Gasteiger partial charge in [0.1, 0.15) is 12.2 Å². The van der Waals surface area contributed by atoms with Gasteiger partial charge in [-0.25, -0.2) is 4.57 Å². The number of unbranched alkanes of at least 4 members (excludes halogenated alkanes) is 11. The number of phosphoric acid groups is 1. The highest BCUT2D eigenvalue weighted by molar-refractivity contribution is 7.47. The molecule has 0 heterocycles. The normalized spacial score (nSPS) is 14.7. The number of aliphatic hydroxyl groups excluding tert-OH is 2. The zero-order chi connectivity index (χ0) is 31.3. The quantitative estimate of drug-likeness (QED) is 0.0356. The van der Waals surface area contributed by atoms with Gasteiger partial charge in [-0.3, -0.25) is 18.6 Å². The first-order valence-corrected chi connectivity index (χ1v) is 17.3. The molecule has 0 aromatic heterocycles. The van der Waals surface area contributed by atoms with Crippen LogP contribution < -0.4 is 0 Å². The molecule has 0 aliphatic rings. The van der Waals surface area contributed by atoms with E-state index < -0.39 is 58.4 Å².